The highest BCUT2D eigenvalue weighted by atomic mass is 16.4. The summed E-state index contributed by atoms with van der Waals surface area (Å²) in [5, 5.41) is 14.7. The normalized spacial score (nSPS) is 10.2. The van der Waals surface area contributed by atoms with E-state index in [0.29, 0.717) is 24.5 Å². The van der Waals surface area contributed by atoms with E-state index in [0.717, 1.165) is 18.4 Å². The second-order valence-electron chi connectivity index (χ2n) is 5.25. The van der Waals surface area contributed by atoms with Crippen LogP contribution in [0, 0.1) is 0 Å². The highest BCUT2D eigenvalue weighted by Gasteiger charge is 2.06. The van der Waals surface area contributed by atoms with Crippen LogP contribution in [0.5, 0.6) is 0 Å². The van der Waals surface area contributed by atoms with Crippen molar-refractivity contribution >= 4 is 17.7 Å². The predicted molar refractivity (Wildman–Crippen MR) is 90.0 cm³/mol. The molecule has 24 heavy (non-hydrogen) atoms. The van der Waals surface area contributed by atoms with Gasteiger partial charge in [-0.2, -0.15) is 0 Å². The smallest absolute Gasteiger partial charge is 0.356 e. The van der Waals surface area contributed by atoms with Crippen LogP contribution in [-0.4, -0.2) is 33.5 Å². The molecule has 0 aliphatic rings. The minimum absolute atomic E-state index is 0.0712. The highest BCUT2D eigenvalue weighted by molar-refractivity contribution is 5.94. The number of anilines is 1. The summed E-state index contributed by atoms with van der Waals surface area (Å²) in [4.78, 5) is 30.4. The molecule has 0 atom stereocenters. The molecular weight excluding hydrogens is 308 g/mol. The third-order valence-electron chi connectivity index (χ3n) is 3.38. The summed E-state index contributed by atoms with van der Waals surface area (Å²) in [6.45, 7) is 3.26. The number of rotatable bonds is 8. The number of aromatic nitrogens is 2. The third kappa shape index (κ3) is 5.05. The van der Waals surface area contributed by atoms with Gasteiger partial charge in [0.25, 0.3) is 5.91 Å². The van der Waals surface area contributed by atoms with Gasteiger partial charge in [-0.05, 0) is 24.1 Å². The van der Waals surface area contributed by atoms with E-state index < -0.39 is 5.97 Å². The molecular formula is C17H20N4O3. The molecule has 2 aromatic rings. The van der Waals surface area contributed by atoms with Crippen LogP contribution in [0.4, 0.5) is 5.82 Å². The summed E-state index contributed by atoms with van der Waals surface area (Å²) in [5.74, 6) is -0.693. The Hall–Kier alpha value is -2.96. The second kappa shape index (κ2) is 8.61. The van der Waals surface area contributed by atoms with Crippen molar-refractivity contribution in [2.24, 2.45) is 0 Å². The number of carboxylic acid groups (broad SMARTS) is 1. The zero-order valence-electron chi connectivity index (χ0n) is 13.5. The van der Waals surface area contributed by atoms with Crippen molar-refractivity contribution in [3.05, 3.63) is 53.5 Å². The first-order valence-corrected chi connectivity index (χ1v) is 7.76. The van der Waals surface area contributed by atoms with Crippen LogP contribution in [0.25, 0.3) is 0 Å². The molecule has 126 valence electrons. The molecule has 7 heteroatoms. The summed E-state index contributed by atoms with van der Waals surface area (Å²) >= 11 is 0. The van der Waals surface area contributed by atoms with Gasteiger partial charge in [0, 0.05) is 18.7 Å². The first-order chi connectivity index (χ1) is 11.6. The zero-order chi connectivity index (χ0) is 17.4. The molecule has 1 amide bonds. The van der Waals surface area contributed by atoms with E-state index in [9.17, 15) is 9.59 Å². The van der Waals surface area contributed by atoms with Crippen molar-refractivity contribution in [3.8, 4) is 0 Å². The maximum absolute atomic E-state index is 11.9. The molecule has 0 saturated heterocycles. The summed E-state index contributed by atoms with van der Waals surface area (Å²) in [5.41, 5.74) is 1.50. The molecule has 0 unspecified atom stereocenters. The van der Waals surface area contributed by atoms with Crippen LogP contribution in [0.3, 0.4) is 0 Å². The molecule has 0 radical (unpaired) electrons. The van der Waals surface area contributed by atoms with Gasteiger partial charge in [0.05, 0.1) is 12.4 Å². The quantitative estimate of drug-likeness (QED) is 0.642. The van der Waals surface area contributed by atoms with Crippen molar-refractivity contribution in [2.75, 3.05) is 11.9 Å². The van der Waals surface area contributed by atoms with Crippen LogP contribution in [-0.2, 0) is 6.54 Å². The van der Waals surface area contributed by atoms with E-state index in [2.05, 4.69) is 27.5 Å². The van der Waals surface area contributed by atoms with Gasteiger partial charge in [-0.1, -0.05) is 25.5 Å². The third-order valence-corrected chi connectivity index (χ3v) is 3.38. The lowest BCUT2D eigenvalue weighted by Crippen LogP contribution is -2.24. The van der Waals surface area contributed by atoms with Crippen molar-refractivity contribution in [3.63, 3.8) is 0 Å². The van der Waals surface area contributed by atoms with Gasteiger partial charge in [-0.3, -0.25) is 4.79 Å². The van der Waals surface area contributed by atoms with Crippen LogP contribution >= 0.6 is 0 Å². The minimum Gasteiger partial charge on any atom is -0.476 e. The molecule has 0 bridgehead atoms. The summed E-state index contributed by atoms with van der Waals surface area (Å²) < 4.78 is 0. The van der Waals surface area contributed by atoms with Crippen molar-refractivity contribution < 1.29 is 14.7 Å². The van der Waals surface area contributed by atoms with E-state index in [1.165, 1.54) is 12.4 Å². The number of nitrogens with one attached hydrogen (secondary N) is 2. The van der Waals surface area contributed by atoms with Crippen molar-refractivity contribution in [1.82, 2.24) is 15.3 Å². The number of hydrogen-bond donors (Lipinski definition) is 3. The van der Waals surface area contributed by atoms with E-state index in [1.807, 2.05) is 12.1 Å². The lowest BCUT2D eigenvalue weighted by molar-refractivity contribution is 0.0689. The number of carbonyl (C=O) groups excluding carboxylic acids is 1. The fourth-order valence-corrected chi connectivity index (χ4v) is 1.98. The molecule has 0 spiro atoms. The molecule has 1 aromatic heterocycles. The SMILES string of the molecule is CCCCNC(=O)c1ccc(CNc2cnc(C(=O)O)cn2)cc1. The number of aromatic carboxylic acids is 1. The Morgan fingerprint density at radius 2 is 1.88 bits per heavy atom. The average molecular weight is 328 g/mol. The van der Waals surface area contributed by atoms with Crippen LogP contribution in [0.2, 0.25) is 0 Å². The Morgan fingerprint density at radius 1 is 1.12 bits per heavy atom. The number of carboxylic acids is 1. The fraction of sp³-hybridized carbons (Fsp3) is 0.294. The topological polar surface area (TPSA) is 104 Å². The number of amides is 1. The largest absolute Gasteiger partial charge is 0.476 e. The van der Waals surface area contributed by atoms with Crippen molar-refractivity contribution in [1.29, 1.82) is 0 Å². The number of benzene rings is 1. The summed E-state index contributed by atoms with van der Waals surface area (Å²) in [7, 11) is 0. The van der Waals surface area contributed by atoms with E-state index >= 15 is 0 Å². The Kier molecular flexibility index (Phi) is 6.24. The van der Waals surface area contributed by atoms with Gasteiger partial charge < -0.3 is 15.7 Å². The van der Waals surface area contributed by atoms with Gasteiger partial charge in [0.15, 0.2) is 5.69 Å². The molecule has 2 rings (SSSR count). The highest BCUT2D eigenvalue weighted by Crippen LogP contribution is 2.08. The van der Waals surface area contributed by atoms with Gasteiger partial charge in [-0.15, -0.1) is 0 Å². The van der Waals surface area contributed by atoms with Gasteiger partial charge in [-0.25, -0.2) is 14.8 Å². The molecule has 7 nitrogen and oxygen atoms in total. The first-order valence-electron chi connectivity index (χ1n) is 7.76. The monoisotopic (exact) mass is 328 g/mol. The maximum Gasteiger partial charge on any atom is 0.356 e. The molecule has 1 aromatic carbocycles. The van der Waals surface area contributed by atoms with Crippen LogP contribution < -0.4 is 10.6 Å². The minimum atomic E-state index is -1.11. The molecule has 0 aliphatic heterocycles. The van der Waals surface area contributed by atoms with E-state index in [4.69, 9.17) is 5.11 Å². The van der Waals surface area contributed by atoms with Gasteiger partial charge in [0.2, 0.25) is 0 Å². The Labute approximate surface area is 140 Å². The second-order valence-corrected chi connectivity index (χ2v) is 5.25. The maximum atomic E-state index is 11.9. The van der Waals surface area contributed by atoms with E-state index in [-0.39, 0.29) is 11.6 Å². The number of unbranched alkanes of at least 4 members (excludes halogenated alkanes) is 1. The Morgan fingerprint density at radius 3 is 2.46 bits per heavy atom. The zero-order valence-corrected chi connectivity index (χ0v) is 13.5. The first kappa shape index (κ1) is 17.4. The lowest BCUT2D eigenvalue weighted by Gasteiger charge is -2.07. The lowest BCUT2D eigenvalue weighted by atomic mass is 10.1. The van der Waals surface area contributed by atoms with Crippen LogP contribution in [0.1, 0.15) is 46.2 Å². The number of nitrogens with zero attached hydrogens (tertiary/aromatic N) is 2. The van der Waals surface area contributed by atoms with E-state index in [1.54, 1.807) is 12.1 Å². The predicted octanol–water partition coefficient (Wildman–Crippen LogP) is 2.32. The number of carbonyl (C=O) groups is 2. The van der Waals surface area contributed by atoms with Gasteiger partial charge >= 0.3 is 5.97 Å². The molecule has 0 fully saturated rings. The molecule has 0 aliphatic carbocycles. The van der Waals surface area contributed by atoms with Crippen molar-refractivity contribution in [2.45, 2.75) is 26.3 Å². The van der Waals surface area contributed by atoms with Gasteiger partial charge in [0.1, 0.15) is 5.82 Å². The summed E-state index contributed by atoms with van der Waals surface area (Å²) in [6, 6.07) is 7.27. The Bertz CT molecular complexity index is 684. The Balaban J connectivity index is 1.87. The van der Waals surface area contributed by atoms with Crippen LogP contribution in [0.15, 0.2) is 36.7 Å². The molecule has 1 heterocycles. The standard InChI is InChI=1S/C17H20N4O3/c1-2-3-8-18-16(22)13-6-4-12(5-7-13)9-20-15-11-19-14(10-21-15)17(23)24/h4-7,10-11H,2-3,8-9H2,1H3,(H,18,22)(H,20,21)(H,23,24). The summed E-state index contributed by atoms with van der Waals surface area (Å²) in [6.07, 6.45) is 4.59. The molecule has 0 saturated carbocycles. The number of hydrogen-bond acceptors (Lipinski definition) is 5. The molecule has 3 N–H and O–H groups in total. The fourth-order valence-electron chi connectivity index (χ4n) is 1.98. The average Bonchev–Trinajstić information content (AvgIpc) is 2.61.